The molecule has 8 nitrogen and oxygen atoms in total. The van der Waals surface area contributed by atoms with Crippen LogP contribution in [0.25, 0.3) is 16.9 Å². The molecule has 0 spiro atoms. The summed E-state index contributed by atoms with van der Waals surface area (Å²) in [6.07, 6.45) is 1.81. The first-order chi connectivity index (χ1) is 13.0. The van der Waals surface area contributed by atoms with Crippen LogP contribution in [0.3, 0.4) is 0 Å². The average molecular weight is 369 g/mol. The third-order valence-corrected chi connectivity index (χ3v) is 4.36. The van der Waals surface area contributed by atoms with E-state index in [1.54, 1.807) is 24.3 Å². The number of aromatic amines is 1. The largest absolute Gasteiger partial charge is 0.494 e. The van der Waals surface area contributed by atoms with Gasteiger partial charge in [-0.2, -0.15) is 0 Å². The number of amides is 1. The molecule has 27 heavy (non-hydrogen) atoms. The van der Waals surface area contributed by atoms with Crippen LogP contribution in [0.5, 0.6) is 5.75 Å². The lowest BCUT2D eigenvalue weighted by Crippen LogP contribution is -2.17. The molecule has 2 aromatic heterocycles. The van der Waals surface area contributed by atoms with E-state index < -0.39 is 11.6 Å². The summed E-state index contributed by atoms with van der Waals surface area (Å²) in [5.74, 6) is 0.541. The van der Waals surface area contributed by atoms with Crippen molar-refractivity contribution in [3.05, 3.63) is 46.3 Å². The Morgan fingerprint density at radius 1 is 1.26 bits per heavy atom. The Morgan fingerprint density at radius 2 is 1.96 bits per heavy atom. The molecule has 0 fully saturated rings. The van der Waals surface area contributed by atoms with Gasteiger partial charge in [0, 0.05) is 5.92 Å². The number of aromatic nitrogens is 4. The van der Waals surface area contributed by atoms with E-state index in [1.165, 1.54) is 4.57 Å². The van der Waals surface area contributed by atoms with Crippen LogP contribution >= 0.6 is 0 Å². The molecule has 0 bridgehead atoms. The van der Waals surface area contributed by atoms with Crippen LogP contribution < -0.4 is 16.2 Å². The number of rotatable bonds is 7. The maximum absolute atomic E-state index is 12.6. The van der Waals surface area contributed by atoms with E-state index in [1.807, 2.05) is 13.8 Å². The molecule has 3 N–H and O–H groups in total. The van der Waals surface area contributed by atoms with Gasteiger partial charge in [0.15, 0.2) is 11.3 Å². The van der Waals surface area contributed by atoms with Crippen molar-refractivity contribution in [1.29, 1.82) is 0 Å². The van der Waals surface area contributed by atoms with Crippen LogP contribution in [0.15, 0.2) is 29.1 Å². The van der Waals surface area contributed by atoms with Crippen molar-refractivity contribution in [2.75, 3.05) is 6.61 Å². The molecular formula is C19H23N5O3. The van der Waals surface area contributed by atoms with Gasteiger partial charge in [-0.1, -0.05) is 20.3 Å². The Morgan fingerprint density at radius 3 is 2.56 bits per heavy atom. The lowest BCUT2D eigenvalue weighted by molar-refractivity contribution is 0.0996. The van der Waals surface area contributed by atoms with Crippen LogP contribution in [0.1, 0.15) is 55.8 Å². The minimum absolute atomic E-state index is 0.0275. The number of nitrogens with two attached hydrogens (primary N) is 1. The van der Waals surface area contributed by atoms with Crippen molar-refractivity contribution in [3.8, 4) is 11.4 Å². The highest BCUT2D eigenvalue weighted by Gasteiger charge is 2.21. The Balaban J connectivity index is 2.22. The summed E-state index contributed by atoms with van der Waals surface area (Å²) in [5, 5.41) is 0. The van der Waals surface area contributed by atoms with Crippen molar-refractivity contribution in [1.82, 2.24) is 19.5 Å². The highest BCUT2D eigenvalue weighted by molar-refractivity contribution is 6.01. The first kappa shape index (κ1) is 18.6. The molecule has 0 unspecified atom stereocenters. The summed E-state index contributed by atoms with van der Waals surface area (Å²) in [4.78, 5) is 36.0. The molecule has 3 rings (SSSR count). The summed E-state index contributed by atoms with van der Waals surface area (Å²) < 4.78 is 6.86. The fourth-order valence-electron chi connectivity index (χ4n) is 3.06. The summed E-state index contributed by atoms with van der Waals surface area (Å²) in [5.41, 5.74) is 6.31. The fraction of sp³-hybridized carbons (Fsp3) is 0.368. The predicted octanol–water partition coefficient (Wildman–Crippen LogP) is 2.51. The van der Waals surface area contributed by atoms with Crippen LogP contribution in [-0.4, -0.2) is 32.0 Å². The first-order valence-corrected chi connectivity index (χ1v) is 9.01. The second kappa shape index (κ2) is 7.61. The molecule has 1 amide bonds. The molecule has 0 aliphatic rings. The average Bonchev–Trinajstić information content (AvgIpc) is 2.97. The molecule has 8 heteroatoms. The standard InChI is InChI=1S/C19H23N5O3/c1-4-6-11(3)17-21-14(16(20)25)15-18(23-17)24(19(26)22-15)12-7-9-13(10-8-12)27-5-2/h7-11H,4-6H2,1-3H3,(H2,20,25)(H,22,26)/t11-/m1/s1. The zero-order chi connectivity index (χ0) is 19.6. The lowest BCUT2D eigenvalue weighted by Gasteiger charge is -2.11. The molecule has 0 saturated carbocycles. The molecule has 2 heterocycles. The van der Waals surface area contributed by atoms with Crippen molar-refractivity contribution in [2.24, 2.45) is 5.73 Å². The third kappa shape index (κ3) is 3.55. The second-order valence-corrected chi connectivity index (χ2v) is 6.38. The number of benzene rings is 1. The van der Waals surface area contributed by atoms with Crippen LogP contribution in [0, 0.1) is 0 Å². The number of carbonyl (C=O) groups is 1. The Labute approximate surface area is 156 Å². The van der Waals surface area contributed by atoms with Crippen molar-refractivity contribution in [2.45, 2.75) is 39.5 Å². The van der Waals surface area contributed by atoms with Crippen LogP contribution in [0.4, 0.5) is 0 Å². The molecule has 0 aliphatic heterocycles. The van der Waals surface area contributed by atoms with Gasteiger partial charge in [0.1, 0.15) is 17.1 Å². The maximum Gasteiger partial charge on any atom is 0.332 e. The number of hydrogen-bond acceptors (Lipinski definition) is 5. The van der Waals surface area contributed by atoms with Gasteiger partial charge in [-0.05, 0) is 37.6 Å². The Kier molecular flexibility index (Phi) is 5.25. The summed E-state index contributed by atoms with van der Waals surface area (Å²) in [6, 6.07) is 7.09. The topological polar surface area (TPSA) is 116 Å². The van der Waals surface area contributed by atoms with E-state index in [9.17, 15) is 9.59 Å². The van der Waals surface area contributed by atoms with Crippen molar-refractivity contribution in [3.63, 3.8) is 0 Å². The minimum Gasteiger partial charge on any atom is -0.494 e. The highest BCUT2D eigenvalue weighted by Crippen LogP contribution is 2.23. The van der Waals surface area contributed by atoms with Crippen LogP contribution in [-0.2, 0) is 0 Å². The van der Waals surface area contributed by atoms with Gasteiger partial charge in [0.2, 0.25) is 0 Å². The summed E-state index contributed by atoms with van der Waals surface area (Å²) >= 11 is 0. The molecule has 0 saturated heterocycles. The smallest absolute Gasteiger partial charge is 0.332 e. The SMILES string of the molecule is CCC[C@@H](C)c1nc(C(N)=O)c2[nH]c(=O)n(-c3ccc(OCC)cc3)c2n1. The Bertz CT molecular complexity index is 1020. The molecule has 0 aliphatic carbocycles. The molecule has 0 radical (unpaired) electrons. The zero-order valence-corrected chi connectivity index (χ0v) is 15.7. The predicted molar refractivity (Wildman–Crippen MR) is 102 cm³/mol. The number of fused-ring (bicyclic) bond motifs is 1. The fourth-order valence-corrected chi connectivity index (χ4v) is 3.06. The summed E-state index contributed by atoms with van der Waals surface area (Å²) in [7, 11) is 0. The first-order valence-electron chi connectivity index (χ1n) is 9.01. The number of imidazole rings is 1. The number of hydrogen-bond donors (Lipinski definition) is 2. The van der Waals surface area contributed by atoms with Gasteiger partial charge in [-0.15, -0.1) is 0 Å². The Hall–Kier alpha value is -3.16. The number of ether oxygens (including phenoxy) is 1. The van der Waals surface area contributed by atoms with E-state index in [0.717, 1.165) is 12.8 Å². The van der Waals surface area contributed by atoms with Gasteiger partial charge in [0.25, 0.3) is 5.91 Å². The normalized spacial score (nSPS) is 12.3. The number of nitrogens with one attached hydrogen (secondary N) is 1. The van der Waals surface area contributed by atoms with E-state index in [4.69, 9.17) is 10.5 Å². The number of H-pyrrole nitrogens is 1. The van der Waals surface area contributed by atoms with Gasteiger partial charge in [0.05, 0.1) is 12.3 Å². The number of nitrogens with zero attached hydrogens (tertiary/aromatic N) is 3. The van der Waals surface area contributed by atoms with E-state index in [-0.39, 0.29) is 17.1 Å². The van der Waals surface area contributed by atoms with Gasteiger partial charge >= 0.3 is 5.69 Å². The highest BCUT2D eigenvalue weighted by atomic mass is 16.5. The molecule has 1 atom stereocenters. The van der Waals surface area contributed by atoms with Gasteiger partial charge in [-0.3, -0.25) is 4.79 Å². The van der Waals surface area contributed by atoms with E-state index >= 15 is 0 Å². The molecule has 142 valence electrons. The minimum atomic E-state index is -0.701. The maximum atomic E-state index is 12.6. The quantitative estimate of drug-likeness (QED) is 0.664. The summed E-state index contributed by atoms with van der Waals surface area (Å²) in [6.45, 7) is 6.51. The van der Waals surface area contributed by atoms with E-state index in [0.29, 0.717) is 29.5 Å². The lowest BCUT2D eigenvalue weighted by atomic mass is 10.1. The third-order valence-electron chi connectivity index (χ3n) is 4.36. The van der Waals surface area contributed by atoms with E-state index in [2.05, 4.69) is 21.9 Å². The monoisotopic (exact) mass is 369 g/mol. The molecule has 1 aromatic carbocycles. The molecule has 3 aromatic rings. The number of carbonyl (C=O) groups excluding carboxylic acids is 1. The molecular weight excluding hydrogens is 346 g/mol. The number of primary amides is 1. The van der Waals surface area contributed by atoms with Crippen molar-refractivity contribution < 1.29 is 9.53 Å². The van der Waals surface area contributed by atoms with Crippen LogP contribution in [0.2, 0.25) is 0 Å². The van der Waals surface area contributed by atoms with Crippen molar-refractivity contribution >= 4 is 17.1 Å². The zero-order valence-electron chi connectivity index (χ0n) is 15.7. The van der Waals surface area contributed by atoms with Gasteiger partial charge < -0.3 is 15.5 Å². The second-order valence-electron chi connectivity index (χ2n) is 6.38. The van der Waals surface area contributed by atoms with Gasteiger partial charge in [-0.25, -0.2) is 19.3 Å².